The molecule has 1 aromatic carbocycles. The molecule has 1 unspecified atom stereocenters. The zero-order valence-electron chi connectivity index (χ0n) is 10.3. The number of nitrogens with zero attached hydrogens (tertiary/aromatic N) is 3. The van der Waals surface area contributed by atoms with Crippen molar-refractivity contribution in [2.75, 3.05) is 6.54 Å². The SMILES string of the molecule is CC1CC(=O)N(Cc2ccc3ncncc3c2)C1. The largest absolute Gasteiger partial charge is 0.338 e. The van der Waals surface area contributed by atoms with E-state index in [4.69, 9.17) is 0 Å². The molecule has 1 amide bonds. The minimum atomic E-state index is 0.256. The number of rotatable bonds is 2. The van der Waals surface area contributed by atoms with Crippen molar-refractivity contribution >= 4 is 16.8 Å². The van der Waals surface area contributed by atoms with Gasteiger partial charge in [0.15, 0.2) is 0 Å². The Morgan fingerprint density at radius 3 is 3.11 bits per heavy atom. The van der Waals surface area contributed by atoms with Crippen LogP contribution in [0.3, 0.4) is 0 Å². The number of aromatic nitrogens is 2. The van der Waals surface area contributed by atoms with Crippen molar-refractivity contribution in [1.82, 2.24) is 14.9 Å². The normalized spacial score (nSPS) is 19.7. The molecule has 1 saturated heterocycles. The van der Waals surface area contributed by atoms with E-state index in [1.165, 1.54) is 0 Å². The van der Waals surface area contributed by atoms with E-state index >= 15 is 0 Å². The van der Waals surface area contributed by atoms with Gasteiger partial charge in [0.2, 0.25) is 5.91 Å². The number of benzene rings is 1. The predicted octanol–water partition coefficient (Wildman–Crippen LogP) is 2.00. The first-order chi connectivity index (χ1) is 8.72. The maximum Gasteiger partial charge on any atom is 0.223 e. The predicted molar refractivity (Wildman–Crippen MR) is 68.7 cm³/mol. The molecule has 1 aliphatic rings. The summed E-state index contributed by atoms with van der Waals surface area (Å²) >= 11 is 0. The van der Waals surface area contributed by atoms with Crippen LogP contribution in [-0.4, -0.2) is 27.3 Å². The van der Waals surface area contributed by atoms with E-state index in [1.54, 1.807) is 12.5 Å². The molecule has 1 fully saturated rings. The number of likely N-dealkylation sites (tertiary alicyclic amines) is 1. The van der Waals surface area contributed by atoms with Crippen LogP contribution in [-0.2, 0) is 11.3 Å². The van der Waals surface area contributed by atoms with Crippen LogP contribution in [0.4, 0.5) is 0 Å². The van der Waals surface area contributed by atoms with Crippen LogP contribution in [0.25, 0.3) is 10.9 Å². The molecule has 4 nitrogen and oxygen atoms in total. The van der Waals surface area contributed by atoms with Crippen molar-refractivity contribution in [3.63, 3.8) is 0 Å². The summed E-state index contributed by atoms with van der Waals surface area (Å²) in [6.07, 6.45) is 4.03. The fraction of sp³-hybridized carbons (Fsp3) is 0.357. The topological polar surface area (TPSA) is 46.1 Å². The molecule has 2 heterocycles. The van der Waals surface area contributed by atoms with Gasteiger partial charge < -0.3 is 4.90 Å². The van der Waals surface area contributed by atoms with Gasteiger partial charge >= 0.3 is 0 Å². The van der Waals surface area contributed by atoms with Crippen molar-refractivity contribution in [1.29, 1.82) is 0 Å². The van der Waals surface area contributed by atoms with E-state index in [9.17, 15) is 4.79 Å². The highest BCUT2D eigenvalue weighted by molar-refractivity contribution is 5.80. The number of amides is 1. The lowest BCUT2D eigenvalue weighted by Crippen LogP contribution is -2.24. The third kappa shape index (κ3) is 2.06. The number of hydrogen-bond donors (Lipinski definition) is 0. The molecular formula is C14H15N3O. The van der Waals surface area contributed by atoms with Gasteiger partial charge in [0.1, 0.15) is 6.33 Å². The third-order valence-electron chi connectivity index (χ3n) is 3.35. The molecule has 1 atom stereocenters. The lowest BCUT2D eigenvalue weighted by molar-refractivity contribution is -0.128. The summed E-state index contributed by atoms with van der Waals surface area (Å²) in [7, 11) is 0. The summed E-state index contributed by atoms with van der Waals surface area (Å²) in [5.41, 5.74) is 2.08. The summed E-state index contributed by atoms with van der Waals surface area (Å²) < 4.78 is 0. The number of fused-ring (bicyclic) bond motifs is 1. The van der Waals surface area contributed by atoms with Crippen molar-refractivity contribution in [2.24, 2.45) is 5.92 Å². The van der Waals surface area contributed by atoms with Gasteiger partial charge in [-0.05, 0) is 23.6 Å². The second kappa shape index (κ2) is 4.37. The maximum atomic E-state index is 11.8. The molecule has 0 aliphatic carbocycles. The van der Waals surface area contributed by atoms with Crippen molar-refractivity contribution in [3.05, 3.63) is 36.3 Å². The van der Waals surface area contributed by atoms with E-state index in [1.807, 2.05) is 17.0 Å². The third-order valence-corrected chi connectivity index (χ3v) is 3.35. The Morgan fingerprint density at radius 1 is 1.44 bits per heavy atom. The molecule has 0 spiro atoms. The molecule has 18 heavy (non-hydrogen) atoms. The van der Waals surface area contributed by atoms with E-state index in [0.29, 0.717) is 18.9 Å². The maximum absolute atomic E-state index is 11.8. The van der Waals surface area contributed by atoms with Crippen molar-refractivity contribution in [2.45, 2.75) is 19.9 Å². The van der Waals surface area contributed by atoms with Crippen LogP contribution in [0.2, 0.25) is 0 Å². The van der Waals surface area contributed by atoms with E-state index in [-0.39, 0.29) is 5.91 Å². The second-order valence-corrected chi connectivity index (χ2v) is 5.00. The fourth-order valence-electron chi connectivity index (χ4n) is 2.48. The summed E-state index contributed by atoms with van der Waals surface area (Å²) in [4.78, 5) is 21.9. The minimum Gasteiger partial charge on any atom is -0.338 e. The zero-order chi connectivity index (χ0) is 12.5. The molecule has 0 bridgehead atoms. The van der Waals surface area contributed by atoms with Crippen LogP contribution in [0.15, 0.2) is 30.7 Å². The van der Waals surface area contributed by atoms with Crippen LogP contribution in [0.5, 0.6) is 0 Å². The molecule has 0 saturated carbocycles. The summed E-state index contributed by atoms with van der Waals surface area (Å²) in [5, 5.41) is 1.02. The molecule has 0 radical (unpaired) electrons. The van der Waals surface area contributed by atoms with Crippen LogP contribution >= 0.6 is 0 Å². The number of carbonyl (C=O) groups excluding carboxylic acids is 1. The lowest BCUT2D eigenvalue weighted by atomic mass is 10.1. The van der Waals surface area contributed by atoms with Gasteiger partial charge in [-0.25, -0.2) is 9.97 Å². The van der Waals surface area contributed by atoms with Gasteiger partial charge in [-0.2, -0.15) is 0 Å². The highest BCUT2D eigenvalue weighted by Gasteiger charge is 2.26. The Hall–Kier alpha value is -1.97. The first-order valence-electron chi connectivity index (χ1n) is 6.19. The quantitative estimate of drug-likeness (QED) is 0.807. The van der Waals surface area contributed by atoms with E-state index in [0.717, 1.165) is 23.0 Å². The monoisotopic (exact) mass is 241 g/mol. The van der Waals surface area contributed by atoms with Crippen molar-refractivity contribution in [3.8, 4) is 0 Å². The van der Waals surface area contributed by atoms with E-state index < -0.39 is 0 Å². The molecule has 0 N–H and O–H groups in total. The van der Waals surface area contributed by atoms with Gasteiger partial charge in [-0.1, -0.05) is 13.0 Å². The fourth-order valence-corrected chi connectivity index (χ4v) is 2.48. The molecule has 1 aliphatic heterocycles. The standard InChI is InChI=1S/C14H15N3O/c1-10-4-14(18)17(7-10)8-11-2-3-13-12(5-11)6-15-9-16-13/h2-3,5-6,9-10H,4,7-8H2,1H3. The minimum absolute atomic E-state index is 0.256. The number of hydrogen-bond acceptors (Lipinski definition) is 3. The highest BCUT2D eigenvalue weighted by atomic mass is 16.2. The highest BCUT2D eigenvalue weighted by Crippen LogP contribution is 2.20. The Kier molecular flexibility index (Phi) is 2.70. The lowest BCUT2D eigenvalue weighted by Gasteiger charge is -2.16. The average molecular weight is 241 g/mol. The van der Waals surface area contributed by atoms with Gasteiger partial charge in [0.25, 0.3) is 0 Å². The van der Waals surface area contributed by atoms with Gasteiger partial charge in [-0.15, -0.1) is 0 Å². The average Bonchev–Trinajstić information content (AvgIpc) is 2.68. The van der Waals surface area contributed by atoms with Crippen LogP contribution < -0.4 is 0 Å². The molecule has 3 rings (SSSR count). The molecule has 92 valence electrons. The molecule has 1 aromatic heterocycles. The molecular weight excluding hydrogens is 226 g/mol. The summed E-state index contributed by atoms with van der Waals surface area (Å²) in [6, 6.07) is 6.08. The Balaban J connectivity index is 1.84. The molecule has 2 aromatic rings. The van der Waals surface area contributed by atoms with Gasteiger partial charge in [0, 0.05) is 31.1 Å². The van der Waals surface area contributed by atoms with Crippen LogP contribution in [0, 0.1) is 5.92 Å². The Morgan fingerprint density at radius 2 is 2.33 bits per heavy atom. The first kappa shape index (κ1) is 11.1. The molecule has 4 heteroatoms. The number of carbonyl (C=O) groups is 1. The van der Waals surface area contributed by atoms with Gasteiger partial charge in [-0.3, -0.25) is 4.79 Å². The van der Waals surface area contributed by atoms with Crippen LogP contribution in [0.1, 0.15) is 18.9 Å². The Labute approximate surface area is 106 Å². The zero-order valence-corrected chi connectivity index (χ0v) is 10.3. The van der Waals surface area contributed by atoms with Gasteiger partial charge in [0.05, 0.1) is 5.52 Å². The Bertz CT molecular complexity index is 596. The first-order valence-corrected chi connectivity index (χ1v) is 6.19. The smallest absolute Gasteiger partial charge is 0.223 e. The van der Waals surface area contributed by atoms with Crippen molar-refractivity contribution < 1.29 is 4.79 Å². The summed E-state index contributed by atoms with van der Waals surface area (Å²) in [6.45, 7) is 3.67. The van der Waals surface area contributed by atoms with E-state index in [2.05, 4.69) is 23.0 Å². The second-order valence-electron chi connectivity index (χ2n) is 5.00. The summed E-state index contributed by atoms with van der Waals surface area (Å²) in [5.74, 6) is 0.730.